The van der Waals surface area contributed by atoms with Gasteiger partial charge in [-0.15, -0.1) is 0 Å². The van der Waals surface area contributed by atoms with Crippen LogP contribution >= 0.6 is 0 Å². The number of rotatable bonds is 2. The maximum Gasteiger partial charge on any atom is 0.130 e. The van der Waals surface area contributed by atoms with E-state index in [1.807, 2.05) is 19.1 Å². The summed E-state index contributed by atoms with van der Waals surface area (Å²) in [5, 5.41) is 0. The molecule has 2 aromatic carbocycles. The summed E-state index contributed by atoms with van der Waals surface area (Å²) in [6, 6.07) is 13.7. The highest BCUT2D eigenvalue weighted by Gasteiger charge is 2.36. The van der Waals surface area contributed by atoms with Gasteiger partial charge < -0.3 is 0 Å². The largest absolute Gasteiger partial charge is 0.206 e. The average Bonchev–Trinajstić information content (AvgIpc) is 2.52. The molecule has 0 aliphatic heterocycles. The average molecular weight is 322 g/mol. The van der Waals surface area contributed by atoms with Gasteiger partial charge in [-0.1, -0.05) is 70.2 Å². The summed E-state index contributed by atoms with van der Waals surface area (Å²) in [6.45, 7) is 11.3. The molecule has 0 spiro atoms. The Morgan fingerprint density at radius 3 is 2.21 bits per heavy atom. The van der Waals surface area contributed by atoms with Gasteiger partial charge in [-0.25, -0.2) is 4.39 Å². The molecule has 0 unspecified atom stereocenters. The van der Waals surface area contributed by atoms with Crippen LogP contribution in [-0.4, -0.2) is 0 Å². The third kappa shape index (κ3) is 3.05. The molecule has 0 amide bonds. The molecule has 126 valence electrons. The van der Waals surface area contributed by atoms with E-state index in [0.717, 1.165) is 11.1 Å². The van der Waals surface area contributed by atoms with Crippen LogP contribution in [-0.2, 0) is 10.8 Å². The summed E-state index contributed by atoms with van der Waals surface area (Å²) in [5.74, 6) is -0.161. The minimum absolute atomic E-state index is 0.161. The van der Waals surface area contributed by atoms with E-state index < -0.39 is 0 Å². The third-order valence-corrected chi connectivity index (χ3v) is 5.56. The Morgan fingerprint density at radius 2 is 1.54 bits per heavy atom. The predicted octanol–water partition coefficient (Wildman–Crippen LogP) is 6.74. The molecule has 3 rings (SSSR count). The fourth-order valence-corrected chi connectivity index (χ4v) is 3.80. The Bertz CT molecular complexity index is 793. The number of halogens is 1. The number of fused-ring (bicyclic) bond motifs is 1. The molecular weight excluding hydrogens is 295 g/mol. The number of hydrogen-bond donors (Lipinski definition) is 0. The second kappa shape index (κ2) is 5.88. The molecule has 0 saturated heterocycles. The lowest BCUT2D eigenvalue weighted by Gasteiger charge is -2.42. The molecule has 0 radical (unpaired) electrons. The van der Waals surface area contributed by atoms with Crippen LogP contribution < -0.4 is 0 Å². The minimum atomic E-state index is -0.161. The maximum atomic E-state index is 14.0. The summed E-state index contributed by atoms with van der Waals surface area (Å²) >= 11 is 0. The van der Waals surface area contributed by atoms with Gasteiger partial charge in [0.1, 0.15) is 5.82 Å². The molecule has 0 nitrogen and oxygen atoms in total. The summed E-state index contributed by atoms with van der Waals surface area (Å²) in [5.41, 5.74) is 6.11. The van der Waals surface area contributed by atoms with Crippen LogP contribution in [0.4, 0.5) is 4.39 Å². The van der Waals surface area contributed by atoms with Crippen LogP contribution in [0.25, 0.3) is 11.6 Å². The van der Waals surface area contributed by atoms with E-state index >= 15 is 0 Å². The molecule has 24 heavy (non-hydrogen) atoms. The topological polar surface area (TPSA) is 0 Å². The fraction of sp³-hybridized carbons (Fsp3) is 0.391. The molecule has 0 atom stereocenters. The zero-order chi connectivity index (χ0) is 17.5. The summed E-state index contributed by atoms with van der Waals surface area (Å²) in [6.07, 6.45) is 4.51. The van der Waals surface area contributed by atoms with E-state index in [2.05, 4.69) is 52.0 Å². The molecule has 0 heterocycles. The third-order valence-electron chi connectivity index (χ3n) is 5.56. The lowest BCUT2D eigenvalue weighted by molar-refractivity contribution is 0.332. The number of allylic oxidation sites excluding steroid dienone is 1. The molecular formula is C23H27F. The quantitative estimate of drug-likeness (QED) is 0.537. The van der Waals surface area contributed by atoms with Crippen molar-refractivity contribution in [3.05, 3.63) is 70.5 Å². The Kier molecular flexibility index (Phi) is 4.15. The van der Waals surface area contributed by atoms with E-state index in [0.29, 0.717) is 5.56 Å². The minimum Gasteiger partial charge on any atom is -0.206 e. The standard InChI is InChI=1S/C23H27F/c1-16(18-8-6-7-9-21(18)24)14-17-10-11-19-20(15-17)23(4,5)13-12-22(19,2)3/h6-11,14-15H,12-13H2,1-5H3/b16-14+. The van der Waals surface area contributed by atoms with Gasteiger partial charge in [-0.2, -0.15) is 0 Å². The van der Waals surface area contributed by atoms with Crippen molar-refractivity contribution in [2.24, 2.45) is 0 Å². The van der Waals surface area contributed by atoms with Gasteiger partial charge in [0.2, 0.25) is 0 Å². The van der Waals surface area contributed by atoms with Crippen molar-refractivity contribution in [3.63, 3.8) is 0 Å². The number of hydrogen-bond acceptors (Lipinski definition) is 0. The van der Waals surface area contributed by atoms with Crippen molar-refractivity contribution in [3.8, 4) is 0 Å². The van der Waals surface area contributed by atoms with E-state index in [4.69, 9.17) is 0 Å². The molecule has 1 aliphatic rings. The molecule has 1 aliphatic carbocycles. The highest BCUT2D eigenvalue weighted by molar-refractivity contribution is 5.80. The first-order valence-electron chi connectivity index (χ1n) is 8.79. The van der Waals surface area contributed by atoms with Crippen molar-refractivity contribution >= 4 is 11.6 Å². The van der Waals surface area contributed by atoms with E-state index in [1.165, 1.54) is 30.0 Å². The molecule has 0 aromatic heterocycles. The highest BCUT2D eigenvalue weighted by Crippen LogP contribution is 2.46. The van der Waals surface area contributed by atoms with Crippen LogP contribution in [0.15, 0.2) is 42.5 Å². The van der Waals surface area contributed by atoms with Gasteiger partial charge in [0, 0.05) is 5.56 Å². The van der Waals surface area contributed by atoms with E-state index in [9.17, 15) is 4.39 Å². The van der Waals surface area contributed by atoms with Crippen molar-refractivity contribution in [1.82, 2.24) is 0 Å². The Balaban J connectivity index is 2.06. The van der Waals surface area contributed by atoms with Gasteiger partial charge in [0.15, 0.2) is 0 Å². The molecule has 2 aromatic rings. The number of benzene rings is 2. The second-order valence-electron chi connectivity index (χ2n) is 8.38. The summed E-state index contributed by atoms with van der Waals surface area (Å²) in [4.78, 5) is 0. The SMILES string of the molecule is C/C(=C\c1ccc2c(c1)C(C)(C)CCC2(C)C)c1ccccc1F. The zero-order valence-corrected chi connectivity index (χ0v) is 15.4. The van der Waals surface area contributed by atoms with Crippen LogP contribution in [0.2, 0.25) is 0 Å². The van der Waals surface area contributed by atoms with Crippen LogP contribution in [0.3, 0.4) is 0 Å². The first kappa shape index (κ1) is 17.0. The van der Waals surface area contributed by atoms with E-state index in [-0.39, 0.29) is 16.6 Å². The Hall–Kier alpha value is -1.89. The highest BCUT2D eigenvalue weighted by atomic mass is 19.1. The van der Waals surface area contributed by atoms with Gasteiger partial charge >= 0.3 is 0 Å². The fourth-order valence-electron chi connectivity index (χ4n) is 3.80. The van der Waals surface area contributed by atoms with E-state index in [1.54, 1.807) is 6.07 Å². The van der Waals surface area contributed by atoms with Crippen LogP contribution in [0.1, 0.15) is 69.7 Å². The Morgan fingerprint density at radius 1 is 0.917 bits per heavy atom. The smallest absolute Gasteiger partial charge is 0.130 e. The molecule has 0 saturated carbocycles. The van der Waals surface area contributed by atoms with Crippen molar-refractivity contribution < 1.29 is 4.39 Å². The monoisotopic (exact) mass is 322 g/mol. The van der Waals surface area contributed by atoms with Crippen molar-refractivity contribution in [1.29, 1.82) is 0 Å². The molecule has 0 fully saturated rings. The van der Waals surface area contributed by atoms with Gasteiger partial charge in [0.05, 0.1) is 0 Å². The van der Waals surface area contributed by atoms with Crippen molar-refractivity contribution in [2.45, 2.75) is 58.3 Å². The lowest BCUT2D eigenvalue weighted by Crippen LogP contribution is -2.33. The second-order valence-corrected chi connectivity index (χ2v) is 8.38. The van der Waals surface area contributed by atoms with Crippen LogP contribution in [0, 0.1) is 5.82 Å². The maximum absolute atomic E-state index is 14.0. The van der Waals surface area contributed by atoms with Gasteiger partial charge in [-0.05, 0) is 58.9 Å². The molecule has 0 N–H and O–H groups in total. The summed E-state index contributed by atoms with van der Waals surface area (Å²) < 4.78 is 14.0. The molecule has 1 heteroatoms. The normalized spacial score (nSPS) is 19.0. The molecule has 0 bridgehead atoms. The zero-order valence-electron chi connectivity index (χ0n) is 15.4. The first-order valence-corrected chi connectivity index (χ1v) is 8.79. The van der Waals surface area contributed by atoms with Crippen molar-refractivity contribution in [2.75, 3.05) is 0 Å². The first-order chi connectivity index (χ1) is 11.2. The lowest BCUT2D eigenvalue weighted by atomic mass is 9.63. The van der Waals surface area contributed by atoms with Crippen LogP contribution in [0.5, 0.6) is 0 Å². The summed E-state index contributed by atoms with van der Waals surface area (Å²) in [7, 11) is 0. The predicted molar refractivity (Wildman–Crippen MR) is 102 cm³/mol. The Labute approximate surface area is 145 Å². The van der Waals surface area contributed by atoms with Gasteiger partial charge in [0.25, 0.3) is 0 Å². The van der Waals surface area contributed by atoms with Gasteiger partial charge in [-0.3, -0.25) is 0 Å².